The predicted molar refractivity (Wildman–Crippen MR) is 111 cm³/mol. The Hall–Kier alpha value is -3.16. The molecule has 8 heteroatoms. The first-order valence-corrected chi connectivity index (χ1v) is 9.63. The molecule has 2 heterocycles. The molecule has 0 unspecified atom stereocenters. The van der Waals surface area contributed by atoms with E-state index in [4.69, 9.17) is 0 Å². The van der Waals surface area contributed by atoms with E-state index in [1.54, 1.807) is 7.05 Å². The quantitative estimate of drug-likeness (QED) is 0.545. The molecule has 1 N–H and O–H groups in total. The normalized spacial score (nSPS) is 15.2. The van der Waals surface area contributed by atoms with Crippen LogP contribution in [0.3, 0.4) is 0 Å². The van der Waals surface area contributed by atoms with Crippen LogP contribution in [-0.2, 0) is 13.6 Å². The van der Waals surface area contributed by atoms with E-state index in [9.17, 15) is 8.78 Å². The third-order valence-corrected chi connectivity index (χ3v) is 5.32. The number of guanidine groups is 1. The van der Waals surface area contributed by atoms with E-state index in [0.29, 0.717) is 38.4 Å². The summed E-state index contributed by atoms with van der Waals surface area (Å²) >= 11 is 0. The number of aliphatic imine (C=N–C) groups is 1. The second-order valence-electron chi connectivity index (χ2n) is 7.05. The number of para-hydroxylation sites is 2. The van der Waals surface area contributed by atoms with E-state index in [0.717, 1.165) is 28.9 Å². The van der Waals surface area contributed by atoms with Gasteiger partial charge in [-0.2, -0.15) is 0 Å². The molecule has 152 valence electrons. The van der Waals surface area contributed by atoms with Gasteiger partial charge in [-0.15, -0.1) is 0 Å². The Kier molecular flexibility index (Phi) is 5.33. The number of hydrogen-bond donors (Lipinski definition) is 1. The number of aromatic nitrogens is 2. The van der Waals surface area contributed by atoms with Crippen molar-refractivity contribution in [3.8, 4) is 0 Å². The zero-order valence-corrected chi connectivity index (χ0v) is 16.6. The van der Waals surface area contributed by atoms with Gasteiger partial charge in [0.25, 0.3) is 0 Å². The predicted octanol–water partition coefficient (Wildman–Crippen LogP) is 2.75. The number of fused-ring (bicyclic) bond motifs is 1. The Morgan fingerprint density at radius 3 is 2.59 bits per heavy atom. The Labute approximate surface area is 168 Å². The molecule has 0 amide bonds. The lowest BCUT2D eigenvalue weighted by Gasteiger charge is -2.37. The van der Waals surface area contributed by atoms with E-state index in [1.807, 2.05) is 36.2 Å². The van der Waals surface area contributed by atoms with Crippen LogP contribution in [0.1, 0.15) is 5.82 Å². The number of nitrogens with one attached hydrogen (secondary N) is 1. The maximum absolute atomic E-state index is 14.0. The monoisotopic (exact) mass is 398 g/mol. The summed E-state index contributed by atoms with van der Waals surface area (Å²) in [6.07, 6.45) is 0. The largest absolute Gasteiger partial charge is 0.366 e. The zero-order valence-electron chi connectivity index (χ0n) is 16.6. The fraction of sp³-hybridized carbons (Fsp3) is 0.333. The van der Waals surface area contributed by atoms with Crippen molar-refractivity contribution in [2.24, 2.45) is 12.0 Å². The maximum atomic E-state index is 14.0. The minimum Gasteiger partial charge on any atom is -0.366 e. The average Bonchev–Trinajstić information content (AvgIpc) is 3.07. The van der Waals surface area contributed by atoms with Gasteiger partial charge in [-0.05, 0) is 24.3 Å². The van der Waals surface area contributed by atoms with E-state index in [-0.39, 0.29) is 0 Å². The van der Waals surface area contributed by atoms with E-state index in [2.05, 4.69) is 24.8 Å². The molecular formula is C21H24F2N6. The standard InChI is InChI=1S/C21H24F2N6/c1-24-21(25-14-20-26-17-5-3-4-6-18(17)27(20)2)29-11-9-28(10-12-29)19-13-15(22)7-8-16(19)23/h3-8,13H,9-12,14H2,1-2H3,(H,24,25). The van der Waals surface area contributed by atoms with Gasteiger partial charge < -0.3 is 19.7 Å². The van der Waals surface area contributed by atoms with E-state index in [1.165, 1.54) is 12.1 Å². The maximum Gasteiger partial charge on any atom is 0.194 e. The van der Waals surface area contributed by atoms with Crippen LogP contribution in [0.4, 0.5) is 14.5 Å². The van der Waals surface area contributed by atoms with Crippen molar-refractivity contribution in [2.45, 2.75) is 6.54 Å². The van der Waals surface area contributed by atoms with Gasteiger partial charge in [0.15, 0.2) is 5.96 Å². The fourth-order valence-corrected chi connectivity index (χ4v) is 3.73. The molecule has 3 aromatic rings. The molecule has 1 saturated heterocycles. The zero-order chi connectivity index (χ0) is 20.4. The molecule has 0 saturated carbocycles. The minimum atomic E-state index is -0.427. The molecular weight excluding hydrogens is 374 g/mol. The third-order valence-electron chi connectivity index (χ3n) is 5.32. The Morgan fingerprint density at radius 2 is 1.86 bits per heavy atom. The van der Waals surface area contributed by atoms with Crippen molar-refractivity contribution in [1.82, 2.24) is 19.8 Å². The first-order valence-electron chi connectivity index (χ1n) is 9.63. The van der Waals surface area contributed by atoms with Gasteiger partial charge in [0, 0.05) is 46.3 Å². The van der Waals surface area contributed by atoms with Gasteiger partial charge in [0.2, 0.25) is 0 Å². The van der Waals surface area contributed by atoms with Crippen LogP contribution in [0.15, 0.2) is 47.5 Å². The van der Waals surface area contributed by atoms with Crippen LogP contribution in [0, 0.1) is 11.6 Å². The van der Waals surface area contributed by atoms with E-state index < -0.39 is 11.6 Å². The minimum absolute atomic E-state index is 0.312. The average molecular weight is 398 g/mol. The summed E-state index contributed by atoms with van der Waals surface area (Å²) in [6, 6.07) is 11.6. The Morgan fingerprint density at radius 1 is 1.10 bits per heavy atom. The number of rotatable bonds is 3. The molecule has 2 aromatic carbocycles. The van der Waals surface area contributed by atoms with Gasteiger partial charge in [0.05, 0.1) is 23.3 Å². The lowest BCUT2D eigenvalue weighted by molar-refractivity contribution is 0.369. The lowest BCUT2D eigenvalue weighted by atomic mass is 10.2. The number of piperazine rings is 1. The number of anilines is 1. The molecule has 1 aromatic heterocycles. The summed E-state index contributed by atoms with van der Waals surface area (Å²) in [5.74, 6) is 0.872. The summed E-state index contributed by atoms with van der Waals surface area (Å²) in [7, 11) is 3.75. The van der Waals surface area contributed by atoms with Crippen LogP contribution in [0.5, 0.6) is 0 Å². The smallest absolute Gasteiger partial charge is 0.194 e. The number of imidazole rings is 1. The molecule has 1 fully saturated rings. The van der Waals surface area contributed by atoms with E-state index >= 15 is 0 Å². The molecule has 29 heavy (non-hydrogen) atoms. The van der Waals surface area contributed by atoms with Gasteiger partial charge in [-0.1, -0.05) is 12.1 Å². The Balaban J connectivity index is 1.39. The number of halogens is 2. The van der Waals surface area contributed by atoms with Crippen LogP contribution >= 0.6 is 0 Å². The summed E-state index contributed by atoms with van der Waals surface area (Å²) < 4.78 is 29.6. The first kappa shape index (κ1) is 19.2. The summed E-state index contributed by atoms with van der Waals surface area (Å²) in [5, 5.41) is 3.37. The number of benzene rings is 2. The van der Waals surface area contributed by atoms with Crippen molar-refractivity contribution < 1.29 is 8.78 Å². The topological polar surface area (TPSA) is 48.7 Å². The highest BCUT2D eigenvalue weighted by atomic mass is 19.1. The molecule has 4 rings (SSSR count). The Bertz CT molecular complexity index is 1040. The number of aryl methyl sites for hydroxylation is 1. The third kappa shape index (κ3) is 3.87. The van der Waals surface area contributed by atoms with Gasteiger partial charge >= 0.3 is 0 Å². The first-order chi connectivity index (χ1) is 14.1. The van der Waals surface area contributed by atoms with Crippen molar-refractivity contribution in [2.75, 3.05) is 38.1 Å². The molecule has 1 aliphatic rings. The molecule has 0 atom stereocenters. The summed E-state index contributed by atoms with van der Waals surface area (Å²) in [5.41, 5.74) is 2.37. The number of nitrogens with zero attached hydrogens (tertiary/aromatic N) is 5. The lowest BCUT2D eigenvalue weighted by Crippen LogP contribution is -2.52. The van der Waals surface area contributed by atoms with Gasteiger partial charge in [-0.25, -0.2) is 13.8 Å². The molecule has 0 aliphatic carbocycles. The highest BCUT2D eigenvalue weighted by molar-refractivity contribution is 5.80. The molecule has 0 radical (unpaired) electrons. The van der Waals surface area contributed by atoms with Crippen LogP contribution in [-0.4, -0.2) is 53.6 Å². The van der Waals surface area contributed by atoms with Gasteiger partial charge in [-0.3, -0.25) is 4.99 Å². The highest BCUT2D eigenvalue weighted by Gasteiger charge is 2.22. The highest BCUT2D eigenvalue weighted by Crippen LogP contribution is 2.22. The SMILES string of the molecule is CN=C(NCc1nc2ccccc2n1C)N1CCN(c2cc(F)ccc2F)CC1. The molecule has 1 aliphatic heterocycles. The van der Waals surface area contributed by atoms with Crippen LogP contribution < -0.4 is 10.2 Å². The molecule has 6 nitrogen and oxygen atoms in total. The fourth-order valence-electron chi connectivity index (χ4n) is 3.73. The second-order valence-corrected chi connectivity index (χ2v) is 7.05. The summed E-state index contributed by atoms with van der Waals surface area (Å²) in [4.78, 5) is 13.0. The van der Waals surface area contributed by atoms with Crippen molar-refractivity contribution >= 4 is 22.7 Å². The van der Waals surface area contributed by atoms with Crippen LogP contribution in [0.25, 0.3) is 11.0 Å². The molecule has 0 spiro atoms. The molecule has 0 bridgehead atoms. The van der Waals surface area contributed by atoms with Crippen molar-refractivity contribution in [3.05, 3.63) is 59.9 Å². The van der Waals surface area contributed by atoms with Crippen LogP contribution in [0.2, 0.25) is 0 Å². The number of hydrogen-bond acceptors (Lipinski definition) is 3. The summed E-state index contributed by atoms with van der Waals surface area (Å²) in [6.45, 7) is 3.06. The second kappa shape index (κ2) is 8.06. The van der Waals surface area contributed by atoms with Crippen molar-refractivity contribution in [3.63, 3.8) is 0 Å². The van der Waals surface area contributed by atoms with Crippen molar-refractivity contribution in [1.29, 1.82) is 0 Å². The van der Waals surface area contributed by atoms with Gasteiger partial charge in [0.1, 0.15) is 17.5 Å².